The Morgan fingerprint density at radius 1 is 0.923 bits per heavy atom. The molecular formula is C30H34ClN3O4S. The molecule has 1 atom stereocenters. The zero-order valence-electron chi connectivity index (χ0n) is 22.0. The average Bonchev–Trinajstić information content (AvgIpc) is 3.46. The highest BCUT2D eigenvalue weighted by Gasteiger charge is 2.33. The van der Waals surface area contributed by atoms with Gasteiger partial charge in [-0.3, -0.25) is 13.9 Å². The molecule has 0 aromatic heterocycles. The van der Waals surface area contributed by atoms with Crippen LogP contribution >= 0.6 is 11.6 Å². The van der Waals surface area contributed by atoms with Crippen molar-refractivity contribution in [3.05, 3.63) is 95.5 Å². The third-order valence-corrected chi connectivity index (χ3v) is 9.12. The van der Waals surface area contributed by atoms with Crippen molar-refractivity contribution < 1.29 is 18.0 Å². The number of benzene rings is 3. The lowest BCUT2D eigenvalue weighted by Gasteiger charge is -2.32. The lowest BCUT2D eigenvalue weighted by Crippen LogP contribution is -2.53. The standard InChI is InChI=1S/C30H34ClN3O4S/c1-23(30(36)32-26-12-8-9-13-26)33(21-20-24-10-4-2-5-11-24)29(35)22-34(27-18-16-25(31)17-19-27)39(37,38)28-14-6-3-7-15-28/h2-7,10-11,14-19,23,26H,8-9,12-13,20-22H2,1H3,(H,32,36)/t23-/m1/s1. The highest BCUT2D eigenvalue weighted by Crippen LogP contribution is 2.26. The summed E-state index contributed by atoms with van der Waals surface area (Å²) in [6, 6.07) is 23.3. The van der Waals surface area contributed by atoms with Gasteiger partial charge in [-0.1, -0.05) is 73.0 Å². The molecule has 0 radical (unpaired) electrons. The van der Waals surface area contributed by atoms with E-state index in [0.29, 0.717) is 17.1 Å². The quantitative estimate of drug-likeness (QED) is 0.351. The molecule has 7 nitrogen and oxygen atoms in total. The minimum Gasteiger partial charge on any atom is -0.352 e. The number of nitrogens with one attached hydrogen (secondary N) is 1. The molecule has 0 aliphatic heterocycles. The van der Waals surface area contributed by atoms with E-state index in [1.54, 1.807) is 49.4 Å². The van der Waals surface area contributed by atoms with Crippen LogP contribution in [-0.2, 0) is 26.0 Å². The molecule has 0 saturated heterocycles. The summed E-state index contributed by atoms with van der Waals surface area (Å²) in [5, 5.41) is 3.53. The summed E-state index contributed by atoms with van der Waals surface area (Å²) < 4.78 is 28.5. The van der Waals surface area contributed by atoms with Crippen molar-refractivity contribution in [2.45, 2.75) is 56.0 Å². The number of anilines is 1. The van der Waals surface area contributed by atoms with Crippen LogP contribution in [0.25, 0.3) is 0 Å². The van der Waals surface area contributed by atoms with E-state index in [9.17, 15) is 18.0 Å². The minimum absolute atomic E-state index is 0.0654. The molecule has 0 bridgehead atoms. The topological polar surface area (TPSA) is 86.8 Å². The SMILES string of the molecule is C[C@H](C(=O)NC1CCCC1)N(CCc1ccccc1)C(=O)CN(c1ccc(Cl)cc1)S(=O)(=O)c1ccccc1. The fourth-order valence-electron chi connectivity index (χ4n) is 4.82. The van der Waals surface area contributed by atoms with Gasteiger partial charge in [0.05, 0.1) is 10.6 Å². The van der Waals surface area contributed by atoms with Crippen molar-refractivity contribution in [1.29, 1.82) is 0 Å². The lowest BCUT2D eigenvalue weighted by molar-refractivity contribution is -0.139. The monoisotopic (exact) mass is 567 g/mol. The van der Waals surface area contributed by atoms with Gasteiger partial charge in [-0.25, -0.2) is 8.42 Å². The Hall–Kier alpha value is -3.36. The predicted molar refractivity (Wildman–Crippen MR) is 154 cm³/mol. The Balaban J connectivity index is 1.62. The van der Waals surface area contributed by atoms with Crippen molar-refractivity contribution >= 4 is 39.1 Å². The maximum absolute atomic E-state index is 13.9. The number of amides is 2. The molecule has 1 aliphatic carbocycles. The number of hydrogen-bond donors (Lipinski definition) is 1. The third kappa shape index (κ3) is 7.40. The number of hydrogen-bond acceptors (Lipinski definition) is 4. The van der Waals surface area contributed by atoms with E-state index in [0.717, 1.165) is 35.6 Å². The van der Waals surface area contributed by atoms with Crippen molar-refractivity contribution in [2.24, 2.45) is 0 Å². The highest BCUT2D eigenvalue weighted by molar-refractivity contribution is 7.92. The van der Waals surface area contributed by atoms with Gasteiger partial charge in [0.2, 0.25) is 11.8 Å². The second-order valence-corrected chi connectivity index (χ2v) is 12.1. The maximum Gasteiger partial charge on any atom is 0.264 e. The molecular weight excluding hydrogens is 534 g/mol. The number of halogens is 1. The van der Waals surface area contributed by atoms with Crippen molar-refractivity contribution in [2.75, 3.05) is 17.4 Å². The zero-order valence-corrected chi connectivity index (χ0v) is 23.6. The highest BCUT2D eigenvalue weighted by atomic mass is 35.5. The number of nitrogens with zero attached hydrogens (tertiary/aromatic N) is 2. The smallest absolute Gasteiger partial charge is 0.264 e. The molecule has 0 spiro atoms. The van der Waals surface area contributed by atoms with Crippen molar-refractivity contribution in [3.63, 3.8) is 0 Å². The minimum atomic E-state index is -4.09. The van der Waals surface area contributed by atoms with Gasteiger partial charge in [-0.2, -0.15) is 0 Å². The molecule has 0 heterocycles. The normalized spacial score (nSPS) is 14.5. The molecule has 39 heavy (non-hydrogen) atoms. The lowest BCUT2D eigenvalue weighted by atomic mass is 10.1. The molecule has 3 aromatic carbocycles. The Labute approximate surface area is 235 Å². The number of rotatable bonds is 11. The van der Waals surface area contributed by atoms with Crippen LogP contribution < -0.4 is 9.62 Å². The first-order valence-electron chi connectivity index (χ1n) is 13.2. The van der Waals surface area contributed by atoms with E-state index in [-0.39, 0.29) is 23.4 Å². The summed E-state index contributed by atoms with van der Waals surface area (Å²) in [5.41, 5.74) is 1.33. The second kappa shape index (κ2) is 13.1. The van der Waals surface area contributed by atoms with Gasteiger partial charge < -0.3 is 10.2 Å². The van der Waals surface area contributed by atoms with E-state index in [4.69, 9.17) is 11.6 Å². The largest absolute Gasteiger partial charge is 0.352 e. The summed E-state index contributed by atoms with van der Waals surface area (Å²) in [5.74, 6) is -0.693. The van der Waals surface area contributed by atoms with Gasteiger partial charge >= 0.3 is 0 Å². The molecule has 1 saturated carbocycles. The summed E-state index contributed by atoms with van der Waals surface area (Å²) in [4.78, 5) is 28.7. The van der Waals surface area contributed by atoms with Crippen LogP contribution in [0.4, 0.5) is 5.69 Å². The second-order valence-electron chi connectivity index (χ2n) is 9.79. The molecule has 1 N–H and O–H groups in total. The molecule has 1 fully saturated rings. The Bertz CT molecular complexity index is 1350. The summed E-state index contributed by atoms with van der Waals surface area (Å²) in [6.07, 6.45) is 4.53. The summed E-state index contributed by atoms with van der Waals surface area (Å²) in [6.45, 7) is 1.50. The number of carbonyl (C=O) groups excluding carboxylic acids is 2. The Morgan fingerprint density at radius 2 is 1.51 bits per heavy atom. The van der Waals surface area contributed by atoms with E-state index in [1.807, 2.05) is 30.3 Å². The molecule has 206 valence electrons. The zero-order chi connectivity index (χ0) is 27.8. The predicted octanol–water partition coefficient (Wildman–Crippen LogP) is 5.05. The van der Waals surface area contributed by atoms with E-state index in [2.05, 4.69) is 5.32 Å². The fourth-order valence-corrected chi connectivity index (χ4v) is 6.38. The van der Waals surface area contributed by atoms with Crippen LogP contribution in [0.15, 0.2) is 89.8 Å². The van der Waals surface area contributed by atoms with Crippen LogP contribution in [0, 0.1) is 0 Å². The summed E-state index contributed by atoms with van der Waals surface area (Å²) >= 11 is 6.06. The maximum atomic E-state index is 13.9. The number of sulfonamides is 1. The average molecular weight is 568 g/mol. The number of carbonyl (C=O) groups is 2. The summed E-state index contributed by atoms with van der Waals surface area (Å²) in [7, 11) is -4.09. The van der Waals surface area contributed by atoms with Gasteiger partial charge in [0.25, 0.3) is 10.0 Å². The van der Waals surface area contributed by atoms with Crippen LogP contribution in [-0.4, -0.2) is 50.3 Å². The van der Waals surface area contributed by atoms with Crippen molar-refractivity contribution in [3.8, 4) is 0 Å². The van der Waals surface area contributed by atoms with Gasteiger partial charge in [0.15, 0.2) is 0 Å². The van der Waals surface area contributed by atoms with Crippen LogP contribution in [0.2, 0.25) is 5.02 Å². The van der Waals surface area contributed by atoms with E-state index >= 15 is 0 Å². The van der Waals surface area contributed by atoms with Crippen LogP contribution in [0.5, 0.6) is 0 Å². The van der Waals surface area contributed by atoms with Gasteiger partial charge in [0, 0.05) is 17.6 Å². The first kappa shape index (κ1) is 28.6. The van der Waals surface area contributed by atoms with Crippen LogP contribution in [0.3, 0.4) is 0 Å². The molecule has 0 unspecified atom stereocenters. The molecule has 9 heteroatoms. The van der Waals surface area contributed by atoms with Crippen LogP contribution in [0.1, 0.15) is 38.2 Å². The van der Waals surface area contributed by atoms with E-state index < -0.39 is 28.5 Å². The molecule has 3 aromatic rings. The van der Waals surface area contributed by atoms with Gasteiger partial charge in [0.1, 0.15) is 12.6 Å². The fraction of sp³-hybridized carbons (Fsp3) is 0.333. The molecule has 2 amide bonds. The Morgan fingerprint density at radius 3 is 2.13 bits per heavy atom. The third-order valence-electron chi connectivity index (χ3n) is 7.08. The molecule has 4 rings (SSSR count). The van der Waals surface area contributed by atoms with Crippen molar-refractivity contribution in [1.82, 2.24) is 10.2 Å². The van der Waals surface area contributed by atoms with Gasteiger partial charge in [-0.05, 0) is 68.1 Å². The van der Waals surface area contributed by atoms with Gasteiger partial charge in [-0.15, -0.1) is 0 Å². The first-order chi connectivity index (χ1) is 18.8. The first-order valence-corrected chi connectivity index (χ1v) is 15.0. The molecule has 1 aliphatic rings. The Kier molecular flexibility index (Phi) is 9.64. The van der Waals surface area contributed by atoms with E-state index in [1.165, 1.54) is 17.0 Å².